The maximum atomic E-state index is 11.7. The summed E-state index contributed by atoms with van der Waals surface area (Å²) in [6.07, 6.45) is 0.307. The molecule has 3 atom stereocenters. The van der Waals surface area contributed by atoms with Gasteiger partial charge in [0, 0.05) is 6.04 Å². The molecule has 0 saturated carbocycles. The molecule has 0 bridgehead atoms. The largest absolute Gasteiger partial charge is 0.364 e. The Balaban J connectivity index is 2.33. The fraction of sp³-hybridized carbons (Fsp3) is 0.833. The number of amides is 3. The van der Waals surface area contributed by atoms with E-state index in [-0.39, 0.29) is 24.2 Å². The van der Waals surface area contributed by atoms with Crippen molar-refractivity contribution in [3.63, 3.8) is 0 Å². The third-order valence-electron chi connectivity index (χ3n) is 2.70. The number of hydrogen-bond donors (Lipinski definition) is 3. The third kappa shape index (κ3) is 5.46. The Kier molecular flexibility index (Phi) is 5.55. The lowest BCUT2D eigenvalue weighted by Gasteiger charge is -2.31. The maximum Gasteiger partial charge on any atom is 0.321 e. The lowest BCUT2D eigenvalue weighted by Crippen LogP contribution is -3.16. The van der Waals surface area contributed by atoms with Crippen molar-refractivity contribution < 1.29 is 19.2 Å². The highest BCUT2D eigenvalue weighted by Gasteiger charge is 2.27. The number of carbonyl (C=O) groups is 2. The Labute approximate surface area is 108 Å². The molecule has 6 heteroatoms. The van der Waals surface area contributed by atoms with E-state index in [1.54, 1.807) is 0 Å². The van der Waals surface area contributed by atoms with Crippen LogP contribution in [0.2, 0.25) is 0 Å². The molecule has 1 unspecified atom stereocenters. The van der Waals surface area contributed by atoms with Crippen molar-refractivity contribution in [2.24, 2.45) is 0 Å². The van der Waals surface area contributed by atoms with Crippen molar-refractivity contribution in [2.45, 2.75) is 45.9 Å². The number of carbonyl (C=O) groups excluding carboxylic acids is 2. The molecule has 0 aromatic heterocycles. The Bertz CT molecular complexity index is 297. The zero-order valence-corrected chi connectivity index (χ0v) is 11.6. The summed E-state index contributed by atoms with van der Waals surface area (Å²) in [6, 6.07) is -0.405. The SMILES string of the molecule is CC(C)NC(=O)NC(=O)C[NH+]1C[C@@H](C)O[C@@H](C)C1. The molecule has 104 valence electrons. The van der Waals surface area contributed by atoms with E-state index in [2.05, 4.69) is 10.6 Å². The fourth-order valence-corrected chi connectivity index (χ4v) is 2.23. The summed E-state index contributed by atoms with van der Waals surface area (Å²) in [4.78, 5) is 24.2. The highest BCUT2D eigenvalue weighted by atomic mass is 16.5. The van der Waals surface area contributed by atoms with Crippen LogP contribution in [0.15, 0.2) is 0 Å². The quantitative estimate of drug-likeness (QED) is 0.602. The van der Waals surface area contributed by atoms with Gasteiger partial charge in [0.15, 0.2) is 6.54 Å². The molecule has 1 rings (SSSR count). The summed E-state index contributed by atoms with van der Waals surface area (Å²) in [5.41, 5.74) is 0. The molecule has 0 aliphatic carbocycles. The normalized spacial score (nSPS) is 27.9. The van der Waals surface area contributed by atoms with Gasteiger partial charge in [-0.1, -0.05) is 0 Å². The molecular formula is C12H24N3O3+. The summed E-state index contributed by atoms with van der Waals surface area (Å²) >= 11 is 0. The Morgan fingerprint density at radius 2 is 1.83 bits per heavy atom. The van der Waals surface area contributed by atoms with E-state index in [1.165, 1.54) is 0 Å². The summed E-state index contributed by atoms with van der Waals surface area (Å²) < 4.78 is 5.60. The number of rotatable bonds is 3. The zero-order valence-electron chi connectivity index (χ0n) is 11.6. The van der Waals surface area contributed by atoms with Crippen molar-refractivity contribution in [3.05, 3.63) is 0 Å². The topological polar surface area (TPSA) is 71.9 Å². The lowest BCUT2D eigenvalue weighted by atomic mass is 10.2. The number of ether oxygens (including phenoxy) is 1. The van der Waals surface area contributed by atoms with E-state index in [1.807, 2.05) is 27.7 Å². The molecule has 0 spiro atoms. The molecule has 0 radical (unpaired) electrons. The van der Waals surface area contributed by atoms with Crippen LogP contribution in [-0.4, -0.2) is 49.8 Å². The molecule has 1 fully saturated rings. The predicted octanol–water partition coefficient (Wildman–Crippen LogP) is -1.09. The molecule has 1 aliphatic heterocycles. The molecule has 18 heavy (non-hydrogen) atoms. The molecule has 1 saturated heterocycles. The van der Waals surface area contributed by atoms with Crippen molar-refractivity contribution in [3.8, 4) is 0 Å². The number of quaternary nitrogens is 1. The van der Waals surface area contributed by atoms with Crippen molar-refractivity contribution in [2.75, 3.05) is 19.6 Å². The van der Waals surface area contributed by atoms with Gasteiger partial charge in [0.1, 0.15) is 25.3 Å². The first kappa shape index (κ1) is 14.9. The lowest BCUT2D eigenvalue weighted by molar-refractivity contribution is -0.907. The molecule has 1 heterocycles. The first-order valence-electron chi connectivity index (χ1n) is 6.46. The number of morpholine rings is 1. The first-order chi connectivity index (χ1) is 8.36. The number of hydrogen-bond acceptors (Lipinski definition) is 3. The van der Waals surface area contributed by atoms with E-state index in [0.717, 1.165) is 18.0 Å². The molecule has 6 nitrogen and oxygen atoms in total. The van der Waals surface area contributed by atoms with E-state index in [9.17, 15) is 9.59 Å². The molecule has 0 aromatic carbocycles. The van der Waals surface area contributed by atoms with Gasteiger partial charge in [0.25, 0.3) is 5.91 Å². The highest BCUT2D eigenvalue weighted by molar-refractivity contribution is 5.94. The maximum absolute atomic E-state index is 11.7. The molecule has 3 amide bonds. The van der Waals surface area contributed by atoms with Crippen LogP contribution in [0.4, 0.5) is 4.79 Å². The Hall–Kier alpha value is -1.14. The van der Waals surface area contributed by atoms with Crippen LogP contribution in [0.5, 0.6) is 0 Å². The van der Waals surface area contributed by atoms with E-state index < -0.39 is 6.03 Å². The molecule has 1 aliphatic rings. The van der Waals surface area contributed by atoms with Gasteiger partial charge in [-0.05, 0) is 27.7 Å². The van der Waals surface area contributed by atoms with Gasteiger partial charge < -0.3 is 15.0 Å². The Morgan fingerprint density at radius 3 is 2.33 bits per heavy atom. The van der Waals surface area contributed by atoms with Crippen LogP contribution in [0.1, 0.15) is 27.7 Å². The zero-order chi connectivity index (χ0) is 13.7. The summed E-state index contributed by atoms with van der Waals surface area (Å²) in [7, 11) is 0. The fourth-order valence-electron chi connectivity index (χ4n) is 2.23. The molecular weight excluding hydrogens is 234 g/mol. The van der Waals surface area contributed by atoms with Crippen LogP contribution >= 0.6 is 0 Å². The average molecular weight is 258 g/mol. The van der Waals surface area contributed by atoms with E-state index in [0.29, 0.717) is 6.54 Å². The van der Waals surface area contributed by atoms with Crippen LogP contribution in [0.3, 0.4) is 0 Å². The molecule has 0 aromatic rings. The number of nitrogens with one attached hydrogen (secondary N) is 3. The van der Waals surface area contributed by atoms with Crippen LogP contribution in [-0.2, 0) is 9.53 Å². The van der Waals surface area contributed by atoms with Crippen LogP contribution < -0.4 is 15.5 Å². The van der Waals surface area contributed by atoms with E-state index in [4.69, 9.17) is 4.74 Å². The van der Waals surface area contributed by atoms with E-state index >= 15 is 0 Å². The average Bonchev–Trinajstić information content (AvgIpc) is 2.12. The van der Waals surface area contributed by atoms with Gasteiger partial charge in [-0.2, -0.15) is 0 Å². The number of urea groups is 1. The first-order valence-corrected chi connectivity index (χ1v) is 6.46. The second kappa shape index (κ2) is 6.70. The minimum Gasteiger partial charge on any atom is -0.364 e. The van der Waals surface area contributed by atoms with Crippen molar-refractivity contribution in [1.82, 2.24) is 10.6 Å². The summed E-state index contributed by atoms with van der Waals surface area (Å²) in [6.45, 7) is 9.59. The van der Waals surface area contributed by atoms with Crippen molar-refractivity contribution >= 4 is 11.9 Å². The predicted molar refractivity (Wildman–Crippen MR) is 67.4 cm³/mol. The van der Waals surface area contributed by atoms with Gasteiger partial charge in [-0.15, -0.1) is 0 Å². The van der Waals surface area contributed by atoms with Gasteiger partial charge in [-0.3, -0.25) is 10.1 Å². The van der Waals surface area contributed by atoms with Gasteiger partial charge in [0.2, 0.25) is 0 Å². The summed E-state index contributed by atoms with van der Waals surface area (Å²) in [5.74, 6) is -0.246. The second-order valence-corrected chi connectivity index (χ2v) is 5.27. The monoisotopic (exact) mass is 258 g/mol. The summed E-state index contributed by atoms with van der Waals surface area (Å²) in [5, 5.41) is 4.96. The third-order valence-corrected chi connectivity index (χ3v) is 2.70. The number of imide groups is 1. The second-order valence-electron chi connectivity index (χ2n) is 5.27. The minimum absolute atomic E-state index is 0.0218. The molecule has 3 N–H and O–H groups in total. The Morgan fingerprint density at radius 1 is 1.28 bits per heavy atom. The van der Waals surface area contributed by atoms with Gasteiger partial charge in [0.05, 0.1) is 0 Å². The standard InChI is InChI=1S/C12H23N3O3/c1-8(2)13-12(17)14-11(16)7-15-5-9(3)18-10(4)6-15/h8-10H,5-7H2,1-4H3,(H2,13,14,16,17)/p+1/t9-,10+. The van der Waals surface area contributed by atoms with Gasteiger partial charge >= 0.3 is 6.03 Å². The minimum atomic E-state index is -0.427. The smallest absolute Gasteiger partial charge is 0.321 e. The van der Waals surface area contributed by atoms with Crippen LogP contribution in [0.25, 0.3) is 0 Å². The highest BCUT2D eigenvalue weighted by Crippen LogP contribution is 1.97. The van der Waals surface area contributed by atoms with Crippen molar-refractivity contribution in [1.29, 1.82) is 0 Å². The van der Waals surface area contributed by atoms with Crippen LogP contribution in [0, 0.1) is 0 Å². The van der Waals surface area contributed by atoms with Gasteiger partial charge in [-0.25, -0.2) is 4.79 Å².